The lowest BCUT2D eigenvalue weighted by Crippen LogP contribution is -2.46. The Hall–Kier alpha value is -2.44. The zero-order chi connectivity index (χ0) is 45.9. The minimum absolute atomic E-state index is 0.0505. The van der Waals surface area contributed by atoms with Crippen molar-refractivity contribution in [2.75, 3.05) is 6.61 Å². The van der Waals surface area contributed by atoms with Gasteiger partial charge in [-0.05, 0) is 44.9 Å². The monoisotopic (exact) mass is 882 g/mol. The summed E-state index contributed by atoms with van der Waals surface area (Å²) in [7, 11) is 0. The van der Waals surface area contributed by atoms with Gasteiger partial charge in [-0.2, -0.15) is 0 Å². The van der Waals surface area contributed by atoms with E-state index in [4.69, 9.17) is 4.74 Å². The molecule has 3 N–H and O–H groups in total. The normalized spacial score (nSPS) is 13.7. The summed E-state index contributed by atoms with van der Waals surface area (Å²) in [5.74, 6) is -0.509. The van der Waals surface area contributed by atoms with E-state index in [1.54, 1.807) is 0 Å². The SMILES string of the molecule is CCC/C=C/C=C/C=C/C=C/C=C/CCCCCC(CC(=O)NC(CO)C(O)CCCCCCCCCCCCCCCCCC)OC(=O)CCCCCCCCCCCCCC. The number of carbonyl (C=O) groups excluding carboxylic acids is 2. The minimum atomic E-state index is -0.800. The van der Waals surface area contributed by atoms with Gasteiger partial charge in [0.1, 0.15) is 6.10 Å². The molecule has 1 amide bonds. The molecule has 0 aliphatic heterocycles. The van der Waals surface area contributed by atoms with Gasteiger partial charge in [0.2, 0.25) is 5.91 Å². The van der Waals surface area contributed by atoms with E-state index in [2.05, 4.69) is 50.4 Å². The van der Waals surface area contributed by atoms with Gasteiger partial charge in [0.15, 0.2) is 0 Å². The molecule has 0 rings (SSSR count). The van der Waals surface area contributed by atoms with Gasteiger partial charge in [-0.3, -0.25) is 9.59 Å². The van der Waals surface area contributed by atoms with Crippen LogP contribution in [0.4, 0.5) is 0 Å². The van der Waals surface area contributed by atoms with Crippen molar-refractivity contribution in [3.05, 3.63) is 60.8 Å². The lowest BCUT2D eigenvalue weighted by atomic mass is 10.0. The van der Waals surface area contributed by atoms with Gasteiger partial charge in [-0.1, -0.05) is 268 Å². The molecule has 63 heavy (non-hydrogen) atoms. The fraction of sp³-hybridized carbons (Fsp3) is 0.789. The summed E-state index contributed by atoms with van der Waals surface area (Å²) >= 11 is 0. The number of carbonyl (C=O) groups is 2. The number of hydrogen-bond donors (Lipinski definition) is 3. The topological polar surface area (TPSA) is 95.9 Å². The highest BCUT2D eigenvalue weighted by Gasteiger charge is 2.24. The van der Waals surface area contributed by atoms with E-state index in [0.29, 0.717) is 19.3 Å². The second-order valence-corrected chi connectivity index (χ2v) is 18.4. The molecule has 6 nitrogen and oxygen atoms in total. The third kappa shape index (κ3) is 45.9. The Labute approximate surface area is 390 Å². The predicted molar refractivity (Wildman–Crippen MR) is 273 cm³/mol. The van der Waals surface area contributed by atoms with E-state index in [9.17, 15) is 19.8 Å². The van der Waals surface area contributed by atoms with Crippen molar-refractivity contribution in [2.45, 2.75) is 283 Å². The fourth-order valence-corrected chi connectivity index (χ4v) is 8.11. The Bertz CT molecular complexity index is 1130. The van der Waals surface area contributed by atoms with Crippen molar-refractivity contribution < 1.29 is 24.5 Å². The molecular formula is C57H103NO5. The molecule has 366 valence electrons. The van der Waals surface area contributed by atoms with Crippen LogP contribution in [0.15, 0.2) is 60.8 Å². The Morgan fingerprint density at radius 3 is 1.29 bits per heavy atom. The van der Waals surface area contributed by atoms with Crippen LogP contribution in [0.2, 0.25) is 0 Å². The van der Waals surface area contributed by atoms with Crippen LogP contribution in [-0.4, -0.2) is 46.9 Å². The molecule has 0 aromatic rings. The zero-order valence-corrected chi connectivity index (χ0v) is 41.7. The second kappa shape index (κ2) is 50.6. The highest BCUT2D eigenvalue weighted by Crippen LogP contribution is 2.18. The Morgan fingerprint density at radius 1 is 0.460 bits per heavy atom. The first-order valence-corrected chi connectivity index (χ1v) is 27.1. The van der Waals surface area contributed by atoms with Crippen molar-refractivity contribution in [3.8, 4) is 0 Å². The van der Waals surface area contributed by atoms with Crippen molar-refractivity contribution in [1.82, 2.24) is 5.32 Å². The number of amides is 1. The summed E-state index contributed by atoms with van der Waals surface area (Å²) in [6, 6.07) is -0.716. The van der Waals surface area contributed by atoms with E-state index >= 15 is 0 Å². The van der Waals surface area contributed by atoms with Crippen LogP contribution in [0.1, 0.15) is 265 Å². The number of esters is 1. The molecule has 0 saturated carbocycles. The van der Waals surface area contributed by atoms with E-state index in [-0.39, 0.29) is 24.9 Å². The Morgan fingerprint density at radius 2 is 0.841 bits per heavy atom. The van der Waals surface area contributed by atoms with Gasteiger partial charge in [0.05, 0.1) is 25.2 Å². The lowest BCUT2D eigenvalue weighted by molar-refractivity contribution is -0.151. The van der Waals surface area contributed by atoms with E-state index in [1.165, 1.54) is 148 Å². The molecule has 0 fully saturated rings. The molecule has 0 aliphatic rings. The number of ether oxygens (including phenoxy) is 1. The van der Waals surface area contributed by atoms with Crippen LogP contribution >= 0.6 is 0 Å². The molecule has 3 atom stereocenters. The number of aliphatic hydroxyl groups is 2. The molecule has 0 radical (unpaired) electrons. The third-order valence-corrected chi connectivity index (χ3v) is 12.2. The maximum atomic E-state index is 13.2. The highest BCUT2D eigenvalue weighted by atomic mass is 16.5. The summed E-state index contributed by atoms with van der Waals surface area (Å²) in [5.41, 5.74) is 0. The molecule has 0 aromatic heterocycles. The Kier molecular flexibility index (Phi) is 48.6. The van der Waals surface area contributed by atoms with E-state index in [0.717, 1.165) is 70.6 Å². The van der Waals surface area contributed by atoms with Crippen molar-refractivity contribution >= 4 is 11.9 Å². The number of allylic oxidation sites excluding steroid dienone is 10. The molecular weight excluding hydrogens is 779 g/mol. The molecule has 6 heteroatoms. The number of hydrogen-bond acceptors (Lipinski definition) is 5. The number of nitrogens with one attached hydrogen (secondary N) is 1. The maximum Gasteiger partial charge on any atom is 0.306 e. The molecule has 0 spiro atoms. The first-order chi connectivity index (χ1) is 31.0. The van der Waals surface area contributed by atoms with Crippen LogP contribution in [0, 0.1) is 0 Å². The van der Waals surface area contributed by atoms with Gasteiger partial charge in [-0.25, -0.2) is 0 Å². The molecule has 0 heterocycles. The first-order valence-electron chi connectivity index (χ1n) is 27.1. The van der Waals surface area contributed by atoms with Gasteiger partial charge in [0.25, 0.3) is 0 Å². The minimum Gasteiger partial charge on any atom is -0.462 e. The lowest BCUT2D eigenvalue weighted by Gasteiger charge is -2.24. The third-order valence-electron chi connectivity index (χ3n) is 12.2. The van der Waals surface area contributed by atoms with Gasteiger partial charge in [-0.15, -0.1) is 0 Å². The molecule has 0 saturated heterocycles. The van der Waals surface area contributed by atoms with Crippen molar-refractivity contribution in [3.63, 3.8) is 0 Å². The highest BCUT2D eigenvalue weighted by molar-refractivity contribution is 5.77. The summed E-state index contributed by atoms with van der Waals surface area (Å²) in [6.07, 6.45) is 62.7. The largest absolute Gasteiger partial charge is 0.462 e. The van der Waals surface area contributed by atoms with Gasteiger partial charge >= 0.3 is 5.97 Å². The average Bonchev–Trinajstić information content (AvgIpc) is 3.28. The summed E-state index contributed by atoms with van der Waals surface area (Å²) in [4.78, 5) is 26.2. The van der Waals surface area contributed by atoms with Gasteiger partial charge in [0, 0.05) is 6.42 Å². The first kappa shape index (κ1) is 60.6. The van der Waals surface area contributed by atoms with Crippen molar-refractivity contribution in [2.24, 2.45) is 0 Å². The maximum absolute atomic E-state index is 13.2. The standard InChI is InChI=1S/C57H103NO5/c1-4-7-10-13-16-19-22-25-27-29-31-33-36-39-42-45-48-53(63-57(62)50-47-44-41-38-35-24-21-18-15-12-9-6-3)51-56(61)58-54(52-59)55(60)49-46-43-40-37-34-32-30-28-26-23-20-17-14-11-8-5-2/h10,13,16,19,22,25,27,29,31,33,53-55,59-60H,4-9,11-12,14-15,17-18,20-21,23-24,26,28,30,32,34-52H2,1-3H3,(H,58,61)/b13-10+,19-16+,25-22+,29-27+,33-31+. The smallest absolute Gasteiger partial charge is 0.306 e. The summed E-state index contributed by atoms with van der Waals surface area (Å²) in [5, 5.41) is 23.8. The molecule has 0 bridgehead atoms. The van der Waals surface area contributed by atoms with Crippen molar-refractivity contribution in [1.29, 1.82) is 0 Å². The number of aliphatic hydroxyl groups excluding tert-OH is 2. The van der Waals surface area contributed by atoms with E-state index < -0.39 is 18.2 Å². The van der Waals surface area contributed by atoms with Crippen LogP contribution < -0.4 is 5.32 Å². The predicted octanol–water partition coefficient (Wildman–Crippen LogP) is 16.4. The molecule has 3 unspecified atom stereocenters. The molecule has 0 aromatic carbocycles. The average molecular weight is 882 g/mol. The zero-order valence-electron chi connectivity index (χ0n) is 41.7. The molecule has 0 aliphatic carbocycles. The fourth-order valence-electron chi connectivity index (χ4n) is 8.11. The quantitative estimate of drug-likeness (QED) is 0.0321. The number of rotatable bonds is 48. The summed E-state index contributed by atoms with van der Waals surface area (Å²) in [6.45, 7) is 6.40. The van der Waals surface area contributed by atoms with Gasteiger partial charge < -0.3 is 20.3 Å². The van der Waals surface area contributed by atoms with E-state index in [1.807, 2.05) is 36.5 Å². The Balaban J connectivity index is 4.62. The van der Waals surface area contributed by atoms with Crippen LogP contribution in [0.25, 0.3) is 0 Å². The number of unbranched alkanes of at least 4 members (excludes halogenated alkanes) is 30. The summed E-state index contributed by atoms with van der Waals surface area (Å²) < 4.78 is 5.92. The van der Waals surface area contributed by atoms with Crippen LogP contribution in [0.5, 0.6) is 0 Å². The van der Waals surface area contributed by atoms with Crippen LogP contribution in [0.3, 0.4) is 0 Å². The van der Waals surface area contributed by atoms with Crippen LogP contribution in [-0.2, 0) is 14.3 Å². The second-order valence-electron chi connectivity index (χ2n) is 18.4.